The number of hydrogen-bond acceptors (Lipinski definition) is 6. The number of likely N-dealkylation sites (N-methyl/N-ethyl adjacent to an activating group) is 1. The zero-order valence-electron chi connectivity index (χ0n) is 16.9. The molecular weight excluding hydrogens is 450 g/mol. The van der Waals surface area contributed by atoms with Crippen molar-refractivity contribution in [3.8, 4) is 16.9 Å². The van der Waals surface area contributed by atoms with Crippen LogP contribution in [-0.4, -0.2) is 34.9 Å². The average Bonchev–Trinajstić information content (AvgIpc) is 3.23. The Labute approximate surface area is 191 Å². The number of fused-ring (bicyclic) bond motifs is 2. The second-order valence-electron chi connectivity index (χ2n) is 7.36. The lowest BCUT2D eigenvalue weighted by molar-refractivity contribution is -0.120. The molecule has 0 saturated heterocycles. The largest absolute Gasteiger partial charge is 0.482 e. The van der Waals surface area contributed by atoms with Crippen molar-refractivity contribution in [2.75, 3.05) is 18.6 Å². The molecule has 7 nitrogen and oxygen atoms in total. The van der Waals surface area contributed by atoms with Gasteiger partial charge in [-0.1, -0.05) is 23.7 Å². The van der Waals surface area contributed by atoms with Crippen LogP contribution in [0.3, 0.4) is 0 Å². The van der Waals surface area contributed by atoms with Gasteiger partial charge in [0.05, 0.1) is 23.9 Å². The van der Waals surface area contributed by atoms with Crippen molar-refractivity contribution in [3.63, 3.8) is 0 Å². The Bertz CT molecular complexity index is 1440. The van der Waals surface area contributed by atoms with Crippen LogP contribution in [0.1, 0.15) is 10.4 Å². The molecule has 0 radical (unpaired) electrons. The molecule has 1 amide bonds. The van der Waals surface area contributed by atoms with Crippen molar-refractivity contribution < 1.29 is 14.3 Å². The molecule has 0 spiro atoms. The lowest BCUT2D eigenvalue weighted by Gasteiger charge is -2.26. The first-order valence-corrected chi connectivity index (χ1v) is 11.0. The Morgan fingerprint density at radius 3 is 2.75 bits per heavy atom. The molecule has 0 fully saturated rings. The van der Waals surface area contributed by atoms with E-state index in [9.17, 15) is 14.4 Å². The number of ether oxygens (including phenoxy) is 1. The number of ketones is 1. The highest BCUT2D eigenvalue weighted by Gasteiger charge is 2.24. The van der Waals surface area contributed by atoms with E-state index in [4.69, 9.17) is 16.3 Å². The van der Waals surface area contributed by atoms with Crippen molar-refractivity contribution >= 4 is 50.5 Å². The van der Waals surface area contributed by atoms with Gasteiger partial charge in [-0.3, -0.25) is 19.0 Å². The van der Waals surface area contributed by atoms with E-state index in [2.05, 4.69) is 4.98 Å². The van der Waals surface area contributed by atoms with E-state index in [1.807, 2.05) is 17.5 Å². The Morgan fingerprint density at radius 1 is 1.19 bits per heavy atom. The number of nitrogens with zero attached hydrogens (tertiary/aromatic N) is 3. The summed E-state index contributed by atoms with van der Waals surface area (Å²) in [4.78, 5) is 44.5. The van der Waals surface area contributed by atoms with Gasteiger partial charge in [0.25, 0.3) is 11.5 Å². The van der Waals surface area contributed by atoms with Crippen LogP contribution in [0.25, 0.3) is 21.3 Å². The van der Waals surface area contributed by atoms with E-state index >= 15 is 0 Å². The Balaban J connectivity index is 1.50. The van der Waals surface area contributed by atoms with Gasteiger partial charge in [-0.2, -0.15) is 0 Å². The van der Waals surface area contributed by atoms with Gasteiger partial charge in [-0.25, -0.2) is 4.98 Å². The van der Waals surface area contributed by atoms with E-state index in [0.29, 0.717) is 32.2 Å². The number of carbonyl (C=O) groups is 2. The molecule has 0 unspecified atom stereocenters. The van der Waals surface area contributed by atoms with Crippen LogP contribution in [0, 0.1) is 0 Å². The lowest BCUT2D eigenvalue weighted by Crippen LogP contribution is -2.35. The van der Waals surface area contributed by atoms with Crippen molar-refractivity contribution in [2.45, 2.75) is 6.54 Å². The van der Waals surface area contributed by atoms with Crippen LogP contribution in [-0.2, 0) is 11.3 Å². The van der Waals surface area contributed by atoms with Gasteiger partial charge in [0.1, 0.15) is 10.6 Å². The monoisotopic (exact) mass is 465 g/mol. The molecule has 4 aromatic rings. The minimum atomic E-state index is -0.289. The van der Waals surface area contributed by atoms with Gasteiger partial charge >= 0.3 is 0 Å². The molecule has 160 valence electrons. The third-order valence-electron chi connectivity index (χ3n) is 5.40. The number of anilines is 1. The summed E-state index contributed by atoms with van der Waals surface area (Å²) in [7, 11) is 1.63. The topological polar surface area (TPSA) is 81.5 Å². The molecule has 0 N–H and O–H groups in total. The maximum Gasteiger partial charge on any atom is 0.264 e. The van der Waals surface area contributed by atoms with Gasteiger partial charge in [0, 0.05) is 28.6 Å². The van der Waals surface area contributed by atoms with Gasteiger partial charge in [0.2, 0.25) is 0 Å². The SMILES string of the molecule is CN1C(=O)COc2ccc(C(=O)Cn3cnc4scc(-c5ccc(Cl)cc5)c4c3=O)cc21. The predicted molar refractivity (Wildman–Crippen MR) is 124 cm³/mol. The number of halogens is 1. The molecule has 0 atom stereocenters. The third-order valence-corrected chi connectivity index (χ3v) is 6.54. The smallest absolute Gasteiger partial charge is 0.264 e. The van der Waals surface area contributed by atoms with E-state index in [-0.39, 0.29) is 30.4 Å². The highest BCUT2D eigenvalue weighted by Crippen LogP contribution is 2.33. The number of hydrogen-bond donors (Lipinski definition) is 0. The van der Waals surface area contributed by atoms with Gasteiger partial charge in [0.15, 0.2) is 12.4 Å². The number of amides is 1. The summed E-state index contributed by atoms with van der Waals surface area (Å²) < 4.78 is 6.71. The molecule has 3 heterocycles. The summed E-state index contributed by atoms with van der Waals surface area (Å²) in [5, 5.41) is 2.96. The zero-order chi connectivity index (χ0) is 22.4. The predicted octanol–water partition coefficient (Wildman–Crippen LogP) is 4.02. The van der Waals surface area contributed by atoms with E-state index in [0.717, 1.165) is 11.1 Å². The molecule has 32 heavy (non-hydrogen) atoms. The number of aromatic nitrogens is 2. The van der Waals surface area contributed by atoms with Crippen LogP contribution in [0.5, 0.6) is 5.75 Å². The summed E-state index contributed by atoms with van der Waals surface area (Å²) in [6.45, 7) is -0.205. The van der Waals surface area contributed by atoms with Gasteiger partial charge in [-0.15, -0.1) is 11.3 Å². The van der Waals surface area contributed by atoms with E-state index in [1.165, 1.54) is 27.1 Å². The lowest BCUT2D eigenvalue weighted by atomic mass is 10.1. The van der Waals surface area contributed by atoms with Crippen molar-refractivity contribution in [3.05, 3.63) is 75.1 Å². The molecule has 1 aliphatic rings. The highest BCUT2D eigenvalue weighted by molar-refractivity contribution is 7.17. The maximum atomic E-state index is 13.2. The number of carbonyl (C=O) groups excluding carboxylic acids is 2. The summed E-state index contributed by atoms with van der Waals surface area (Å²) in [6, 6.07) is 12.1. The molecule has 2 aromatic heterocycles. The van der Waals surface area contributed by atoms with Gasteiger partial charge < -0.3 is 9.64 Å². The van der Waals surface area contributed by atoms with Crippen LogP contribution in [0.15, 0.2) is 59.0 Å². The normalized spacial score (nSPS) is 13.2. The molecule has 0 bridgehead atoms. The molecule has 0 aliphatic carbocycles. The average molecular weight is 466 g/mol. The van der Waals surface area contributed by atoms with Crippen LogP contribution in [0.4, 0.5) is 5.69 Å². The quantitative estimate of drug-likeness (QED) is 0.425. The fourth-order valence-corrected chi connectivity index (χ4v) is 4.65. The van der Waals surface area contributed by atoms with Crippen LogP contribution in [0.2, 0.25) is 5.02 Å². The molecule has 1 aliphatic heterocycles. The molecule has 5 rings (SSSR count). The minimum absolute atomic E-state index is 0.0333. The Kier molecular flexibility index (Phi) is 5.03. The molecule has 2 aromatic carbocycles. The number of benzene rings is 2. The Hall–Kier alpha value is -3.49. The summed E-state index contributed by atoms with van der Waals surface area (Å²) in [6.07, 6.45) is 1.39. The van der Waals surface area contributed by atoms with E-state index < -0.39 is 0 Å². The number of thiophene rings is 1. The Morgan fingerprint density at radius 2 is 1.97 bits per heavy atom. The molecular formula is C23H16ClN3O4S. The molecule has 0 saturated carbocycles. The summed E-state index contributed by atoms with van der Waals surface area (Å²) >= 11 is 7.36. The number of Topliss-reactive ketones (excluding diaryl/α,β-unsaturated/α-hetero) is 1. The first-order valence-electron chi connectivity index (χ1n) is 9.71. The molecule has 9 heteroatoms. The maximum absolute atomic E-state index is 13.2. The summed E-state index contributed by atoms with van der Waals surface area (Å²) in [5.74, 6) is 0.0701. The van der Waals surface area contributed by atoms with Crippen LogP contribution >= 0.6 is 22.9 Å². The van der Waals surface area contributed by atoms with Crippen LogP contribution < -0.4 is 15.2 Å². The first-order chi connectivity index (χ1) is 15.4. The standard InChI is InChI=1S/C23H16ClN3O4S/c1-26-17-8-14(4-7-19(17)31-10-20(26)29)18(28)9-27-12-25-22-21(23(27)30)16(11-32-22)13-2-5-15(24)6-3-13/h2-8,11-12H,9-10H2,1H3. The number of rotatable bonds is 4. The van der Waals surface area contributed by atoms with Crippen molar-refractivity contribution in [2.24, 2.45) is 0 Å². The fourth-order valence-electron chi connectivity index (χ4n) is 3.61. The zero-order valence-corrected chi connectivity index (χ0v) is 18.4. The van der Waals surface area contributed by atoms with E-state index in [1.54, 1.807) is 37.4 Å². The highest BCUT2D eigenvalue weighted by atomic mass is 35.5. The first kappa shape index (κ1) is 20.4. The summed E-state index contributed by atoms with van der Waals surface area (Å²) in [5.41, 5.74) is 2.22. The fraction of sp³-hybridized carbons (Fsp3) is 0.130. The van der Waals surface area contributed by atoms with Crippen molar-refractivity contribution in [1.82, 2.24) is 9.55 Å². The third kappa shape index (κ3) is 3.47. The second kappa shape index (κ2) is 7.89. The van der Waals surface area contributed by atoms with Crippen molar-refractivity contribution in [1.29, 1.82) is 0 Å². The minimum Gasteiger partial charge on any atom is -0.482 e. The van der Waals surface area contributed by atoms with Gasteiger partial charge in [-0.05, 0) is 35.9 Å². The second-order valence-corrected chi connectivity index (χ2v) is 8.66.